The Hall–Kier alpha value is -2.41. The van der Waals surface area contributed by atoms with Gasteiger partial charge in [-0.1, -0.05) is 41.9 Å². The topological polar surface area (TPSA) is 45.6 Å². The minimum atomic E-state index is -4.60. The molecule has 2 aromatic rings. The SMILES string of the molecule is CC(=O)N(/N=C/c1ccccc1)c1cc(C(F)(F)F)cc(Cl)n1. The van der Waals surface area contributed by atoms with Gasteiger partial charge < -0.3 is 0 Å². The van der Waals surface area contributed by atoms with Crippen molar-refractivity contribution in [2.45, 2.75) is 13.1 Å². The maximum absolute atomic E-state index is 12.8. The van der Waals surface area contributed by atoms with Crippen molar-refractivity contribution in [3.63, 3.8) is 0 Å². The monoisotopic (exact) mass is 341 g/mol. The molecule has 2 rings (SSSR count). The van der Waals surface area contributed by atoms with Crippen LogP contribution in [0.5, 0.6) is 0 Å². The first-order chi connectivity index (χ1) is 10.8. The summed E-state index contributed by atoms with van der Waals surface area (Å²) >= 11 is 5.62. The molecule has 0 radical (unpaired) electrons. The quantitative estimate of drug-likeness (QED) is 0.478. The van der Waals surface area contributed by atoms with E-state index in [1.165, 1.54) is 6.21 Å². The number of carbonyl (C=O) groups excluding carboxylic acids is 1. The van der Waals surface area contributed by atoms with E-state index in [0.29, 0.717) is 11.6 Å². The van der Waals surface area contributed by atoms with Crippen LogP contribution in [0, 0.1) is 0 Å². The summed E-state index contributed by atoms with van der Waals surface area (Å²) in [5.74, 6) is -0.899. The summed E-state index contributed by atoms with van der Waals surface area (Å²) in [6.45, 7) is 1.16. The van der Waals surface area contributed by atoms with E-state index in [1.807, 2.05) is 0 Å². The van der Waals surface area contributed by atoms with Crippen LogP contribution in [0.2, 0.25) is 5.15 Å². The molecule has 0 spiro atoms. The predicted molar refractivity (Wildman–Crippen MR) is 81.4 cm³/mol. The molecule has 0 unspecified atom stereocenters. The van der Waals surface area contributed by atoms with Gasteiger partial charge in [0.25, 0.3) is 0 Å². The Balaban J connectivity index is 2.40. The van der Waals surface area contributed by atoms with Gasteiger partial charge in [-0.2, -0.15) is 23.3 Å². The molecule has 0 saturated heterocycles. The van der Waals surface area contributed by atoms with Crippen molar-refractivity contribution in [1.82, 2.24) is 4.98 Å². The van der Waals surface area contributed by atoms with E-state index in [9.17, 15) is 18.0 Å². The molecule has 0 N–H and O–H groups in total. The third-order valence-electron chi connectivity index (χ3n) is 2.75. The highest BCUT2D eigenvalue weighted by Gasteiger charge is 2.32. The Morgan fingerprint density at radius 2 is 1.91 bits per heavy atom. The smallest absolute Gasteiger partial charge is 0.273 e. The molecule has 4 nitrogen and oxygen atoms in total. The molecule has 1 heterocycles. The fourth-order valence-corrected chi connectivity index (χ4v) is 1.92. The number of pyridine rings is 1. The number of nitrogens with zero attached hydrogens (tertiary/aromatic N) is 3. The first kappa shape index (κ1) is 17.0. The summed E-state index contributed by atoms with van der Waals surface area (Å²) in [5, 5.41) is 4.28. The number of halogens is 4. The number of hydrazone groups is 1. The first-order valence-electron chi connectivity index (χ1n) is 6.42. The van der Waals surface area contributed by atoms with Crippen molar-refractivity contribution in [2.24, 2.45) is 5.10 Å². The van der Waals surface area contributed by atoms with Crippen LogP contribution in [0.1, 0.15) is 18.1 Å². The molecule has 0 fully saturated rings. The summed E-state index contributed by atoms with van der Waals surface area (Å²) in [5.41, 5.74) is -0.328. The summed E-state index contributed by atoms with van der Waals surface area (Å²) in [4.78, 5) is 15.4. The lowest BCUT2D eigenvalue weighted by atomic mass is 10.2. The molecule has 23 heavy (non-hydrogen) atoms. The fraction of sp³-hybridized carbons (Fsp3) is 0.133. The lowest BCUT2D eigenvalue weighted by molar-refractivity contribution is -0.137. The lowest BCUT2D eigenvalue weighted by Crippen LogP contribution is -2.24. The Morgan fingerprint density at radius 3 is 2.48 bits per heavy atom. The molecule has 0 aliphatic heterocycles. The van der Waals surface area contributed by atoms with Crippen molar-refractivity contribution in [3.05, 3.63) is 58.7 Å². The van der Waals surface area contributed by atoms with Crippen LogP contribution in [0.15, 0.2) is 47.6 Å². The van der Waals surface area contributed by atoms with Crippen LogP contribution in [0.3, 0.4) is 0 Å². The van der Waals surface area contributed by atoms with Crippen molar-refractivity contribution >= 4 is 29.5 Å². The second-order valence-electron chi connectivity index (χ2n) is 4.52. The van der Waals surface area contributed by atoms with Crippen LogP contribution in [0.25, 0.3) is 0 Å². The van der Waals surface area contributed by atoms with Gasteiger partial charge in [-0.3, -0.25) is 4.79 Å². The predicted octanol–water partition coefficient (Wildman–Crippen LogP) is 4.14. The number of rotatable bonds is 3. The van der Waals surface area contributed by atoms with Gasteiger partial charge in [0.05, 0.1) is 11.8 Å². The standard InChI is InChI=1S/C15H11ClF3N3O/c1-10(23)22(20-9-11-5-3-2-4-6-11)14-8-12(15(17,18)19)7-13(16)21-14/h2-9H,1H3/b20-9+. The summed E-state index contributed by atoms with van der Waals surface area (Å²) in [7, 11) is 0. The second kappa shape index (κ2) is 6.78. The van der Waals surface area contributed by atoms with E-state index in [0.717, 1.165) is 18.0 Å². The van der Waals surface area contributed by atoms with Crippen LogP contribution in [-0.2, 0) is 11.0 Å². The Morgan fingerprint density at radius 1 is 1.26 bits per heavy atom. The van der Waals surface area contributed by atoms with E-state index in [-0.39, 0.29) is 11.0 Å². The molecule has 0 saturated carbocycles. The van der Waals surface area contributed by atoms with Gasteiger partial charge in [0.1, 0.15) is 5.15 Å². The van der Waals surface area contributed by atoms with Gasteiger partial charge in [0.2, 0.25) is 5.91 Å². The highest BCUT2D eigenvalue weighted by molar-refractivity contribution is 6.29. The number of carbonyl (C=O) groups is 1. The van der Waals surface area contributed by atoms with E-state index in [4.69, 9.17) is 11.6 Å². The lowest BCUT2D eigenvalue weighted by Gasteiger charge is -2.16. The normalized spacial score (nSPS) is 11.7. The number of amides is 1. The maximum Gasteiger partial charge on any atom is 0.416 e. The van der Waals surface area contributed by atoms with Gasteiger partial charge in [0, 0.05) is 6.92 Å². The van der Waals surface area contributed by atoms with Crippen molar-refractivity contribution in [1.29, 1.82) is 0 Å². The van der Waals surface area contributed by atoms with E-state index < -0.39 is 17.6 Å². The zero-order chi connectivity index (χ0) is 17.0. The second-order valence-corrected chi connectivity index (χ2v) is 4.91. The fourth-order valence-electron chi connectivity index (χ4n) is 1.72. The molecular weight excluding hydrogens is 331 g/mol. The summed E-state index contributed by atoms with van der Waals surface area (Å²) < 4.78 is 38.5. The van der Waals surface area contributed by atoms with Gasteiger partial charge in [-0.25, -0.2) is 4.98 Å². The average Bonchev–Trinajstić information content (AvgIpc) is 2.46. The van der Waals surface area contributed by atoms with E-state index in [1.54, 1.807) is 30.3 Å². The minimum absolute atomic E-state index is 0.301. The maximum atomic E-state index is 12.8. The number of anilines is 1. The Kier molecular flexibility index (Phi) is 5.00. The first-order valence-corrected chi connectivity index (χ1v) is 6.79. The van der Waals surface area contributed by atoms with Crippen molar-refractivity contribution in [3.8, 4) is 0 Å². The van der Waals surface area contributed by atoms with Crippen LogP contribution >= 0.6 is 11.6 Å². The highest BCUT2D eigenvalue weighted by Crippen LogP contribution is 2.32. The van der Waals surface area contributed by atoms with Crippen molar-refractivity contribution < 1.29 is 18.0 Å². The highest BCUT2D eigenvalue weighted by atomic mass is 35.5. The average molecular weight is 342 g/mol. The molecule has 0 atom stereocenters. The largest absolute Gasteiger partial charge is 0.416 e. The van der Waals surface area contributed by atoms with E-state index >= 15 is 0 Å². The molecule has 0 aliphatic carbocycles. The molecular formula is C15H11ClF3N3O. The molecule has 8 heteroatoms. The third kappa shape index (κ3) is 4.53. The van der Waals surface area contributed by atoms with Gasteiger partial charge in [-0.15, -0.1) is 0 Å². The van der Waals surface area contributed by atoms with Crippen LogP contribution in [0.4, 0.5) is 19.0 Å². The summed E-state index contributed by atoms with van der Waals surface area (Å²) in [6.07, 6.45) is -3.26. The molecule has 0 aliphatic rings. The Labute approximate surface area is 135 Å². The minimum Gasteiger partial charge on any atom is -0.273 e. The Bertz CT molecular complexity index is 732. The van der Waals surface area contributed by atoms with Crippen LogP contribution < -0.4 is 5.01 Å². The van der Waals surface area contributed by atoms with E-state index in [2.05, 4.69) is 10.1 Å². The molecule has 120 valence electrons. The molecule has 0 bridgehead atoms. The number of alkyl halides is 3. The number of hydrogen-bond donors (Lipinski definition) is 0. The van der Waals surface area contributed by atoms with Crippen LogP contribution in [-0.4, -0.2) is 17.1 Å². The number of benzene rings is 1. The van der Waals surface area contributed by atoms with Gasteiger partial charge in [-0.05, 0) is 17.7 Å². The molecule has 1 amide bonds. The summed E-state index contributed by atoms with van der Waals surface area (Å²) in [6, 6.07) is 10.2. The number of aromatic nitrogens is 1. The third-order valence-corrected chi connectivity index (χ3v) is 2.94. The van der Waals surface area contributed by atoms with Gasteiger partial charge in [0.15, 0.2) is 5.82 Å². The van der Waals surface area contributed by atoms with Crippen molar-refractivity contribution in [2.75, 3.05) is 5.01 Å². The molecule has 1 aromatic heterocycles. The zero-order valence-corrected chi connectivity index (χ0v) is 12.6. The number of hydrogen-bond acceptors (Lipinski definition) is 3. The molecule has 1 aromatic carbocycles. The zero-order valence-electron chi connectivity index (χ0n) is 11.9. The van der Waals surface area contributed by atoms with Gasteiger partial charge >= 0.3 is 6.18 Å².